The first-order valence-electron chi connectivity index (χ1n) is 13.2. The van der Waals surface area contributed by atoms with E-state index in [1.54, 1.807) is 12.1 Å². The number of nitrogens with zero attached hydrogens (tertiary/aromatic N) is 1. The number of rotatable bonds is 9. The molecule has 0 spiro atoms. The highest BCUT2D eigenvalue weighted by atomic mass is 19.1. The fourth-order valence-electron chi connectivity index (χ4n) is 4.83. The molecule has 6 heteroatoms. The van der Waals surface area contributed by atoms with Crippen molar-refractivity contribution in [3.05, 3.63) is 94.6 Å². The van der Waals surface area contributed by atoms with Gasteiger partial charge in [-0.25, -0.2) is 4.39 Å². The molecule has 4 rings (SSSR count). The summed E-state index contributed by atoms with van der Waals surface area (Å²) in [6, 6.07) is 16.5. The molecule has 1 fully saturated rings. The van der Waals surface area contributed by atoms with Gasteiger partial charge < -0.3 is 14.6 Å². The van der Waals surface area contributed by atoms with Gasteiger partial charge in [0.25, 0.3) is 0 Å². The topological polar surface area (TPSA) is 68.7 Å². The molecule has 38 heavy (non-hydrogen) atoms. The first-order valence-corrected chi connectivity index (χ1v) is 13.2. The second-order valence-corrected chi connectivity index (χ2v) is 10.4. The summed E-state index contributed by atoms with van der Waals surface area (Å²) in [6.07, 6.45) is 2.85. The second-order valence-electron chi connectivity index (χ2n) is 10.4. The number of carbonyl (C=O) groups is 1. The predicted octanol–water partition coefficient (Wildman–Crippen LogP) is 6.93. The fourth-order valence-corrected chi connectivity index (χ4v) is 4.83. The molecule has 2 atom stereocenters. The third kappa shape index (κ3) is 6.74. The standard InChI is InChI=1S/C32H36FNO4/c1-20(2)31-27(15-14-26-16-25(35)17-29(36)38-26)30(23-10-12-24(33)13-11-23)28(32(34-31)21(3)4)19-37-18-22-8-6-5-7-9-22/h5-15,20-21,25-26,35H,16-19H2,1-4H3. The van der Waals surface area contributed by atoms with Gasteiger partial charge in [-0.2, -0.15) is 0 Å². The van der Waals surface area contributed by atoms with Crippen molar-refractivity contribution in [3.8, 4) is 11.1 Å². The normalized spacial score (nSPS) is 17.9. The van der Waals surface area contributed by atoms with Crippen molar-refractivity contribution >= 4 is 12.0 Å². The third-order valence-corrected chi connectivity index (χ3v) is 6.65. The molecule has 1 N–H and O–H groups in total. The van der Waals surface area contributed by atoms with Crippen LogP contribution in [0.15, 0.2) is 60.7 Å². The number of pyridine rings is 1. The lowest BCUT2D eigenvalue weighted by Gasteiger charge is -2.25. The van der Waals surface area contributed by atoms with Gasteiger partial charge in [0.2, 0.25) is 0 Å². The average molecular weight is 518 g/mol. The summed E-state index contributed by atoms with van der Waals surface area (Å²) < 4.78 is 25.6. The Hall–Kier alpha value is -3.35. The van der Waals surface area contributed by atoms with Crippen LogP contribution >= 0.6 is 0 Å². The van der Waals surface area contributed by atoms with Crippen molar-refractivity contribution in [2.75, 3.05) is 0 Å². The van der Waals surface area contributed by atoms with Gasteiger partial charge in [0.1, 0.15) is 11.9 Å². The molecule has 0 bridgehead atoms. The summed E-state index contributed by atoms with van der Waals surface area (Å²) in [4.78, 5) is 17.1. The Balaban J connectivity index is 1.84. The molecule has 5 nitrogen and oxygen atoms in total. The minimum Gasteiger partial charge on any atom is -0.458 e. The SMILES string of the molecule is CC(C)c1nc(C(C)C)c(COCc2ccccc2)c(-c2ccc(F)cc2)c1C=CC1CC(O)CC(=O)O1. The highest BCUT2D eigenvalue weighted by Crippen LogP contribution is 2.38. The Morgan fingerprint density at radius 2 is 1.71 bits per heavy atom. The van der Waals surface area contributed by atoms with E-state index in [-0.39, 0.29) is 24.1 Å². The van der Waals surface area contributed by atoms with E-state index in [1.165, 1.54) is 12.1 Å². The predicted molar refractivity (Wildman–Crippen MR) is 147 cm³/mol. The zero-order valence-corrected chi connectivity index (χ0v) is 22.5. The van der Waals surface area contributed by atoms with Crippen molar-refractivity contribution in [2.24, 2.45) is 0 Å². The molecule has 1 aliphatic rings. The maximum Gasteiger partial charge on any atom is 0.309 e. The van der Waals surface area contributed by atoms with Gasteiger partial charge in [-0.15, -0.1) is 0 Å². The van der Waals surface area contributed by atoms with Crippen LogP contribution in [0.1, 0.15) is 80.5 Å². The second kappa shape index (κ2) is 12.5. The molecule has 0 amide bonds. The van der Waals surface area contributed by atoms with Crippen LogP contribution in [0.2, 0.25) is 0 Å². The zero-order valence-electron chi connectivity index (χ0n) is 22.5. The largest absolute Gasteiger partial charge is 0.458 e. The molecular formula is C32H36FNO4. The van der Waals surface area contributed by atoms with E-state index in [0.29, 0.717) is 19.6 Å². The molecule has 0 saturated carbocycles. The van der Waals surface area contributed by atoms with Crippen molar-refractivity contribution in [2.45, 2.75) is 77.8 Å². The number of benzene rings is 2. The van der Waals surface area contributed by atoms with Crippen LogP contribution < -0.4 is 0 Å². The van der Waals surface area contributed by atoms with E-state index in [9.17, 15) is 14.3 Å². The lowest BCUT2D eigenvalue weighted by atomic mass is 9.87. The summed E-state index contributed by atoms with van der Waals surface area (Å²) in [5.74, 6) is -0.484. The first kappa shape index (κ1) is 27.7. The summed E-state index contributed by atoms with van der Waals surface area (Å²) >= 11 is 0. The number of carbonyl (C=O) groups excluding carboxylic acids is 1. The Morgan fingerprint density at radius 3 is 2.34 bits per heavy atom. The van der Waals surface area contributed by atoms with Crippen molar-refractivity contribution < 1.29 is 23.8 Å². The van der Waals surface area contributed by atoms with Gasteiger partial charge >= 0.3 is 5.97 Å². The summed E-state index contributed by atoms with van der Waals surface area (Å²) in [5, 5.41) is 10.1. The first-order chi connectivity index (χ1) is 18.2. The molecule has 2 heterocycles. The number of hydrogen-bond acceptors (Lipinski definition) is 5. The van der Waals surface area contributed by atoms with Crippen LogP contribution in [-0.4, -0.2) is 28.3 Å². The smallest absolute Gasteiger partial charge is 0.309 e. The number of aromatic nitrogens is 1. The number of aliphatic hydroxyl groups is 1. The van der Waals surface area contributed by atoms with Crippen LogP contribution in [0.3, 0.4) is 0 Å². The highest BCUT2D eigenvalue weighted by Gasteiger charge is 2.27. The number of halogens is 1. The van der Waals surface area contributed by atoms with Gasteiger partial charge in [0, 0.05) is 23.2 Å². The van der Waals surface area contributed by atoms with Gasteiger partial charge in [-0.05, 0) is 46.7 Å². The molecule has 2 unspecified atom stereocenters. The van der Waals surface area contributed by atoms with Crippen LogP contribution in [0, 0.1) is 5.82 Å². The van der Waals surface area contributed by atoms with Crippen molar-refractivity contribution in [3.63, 3.8) is 0 Å². The number of ether oxygens (including phenoxy) is 2. The molecule has 0 radical (unpaired) electrons. The van der Waals surface area contributed by atoms with Crippen LogP contribution in [0.4, 0.5) is 4.39 Å². The van der Waals surface area contributed by atoms with Crippen LogP contribution in [-0.2, 0) is 27.5 Å². The van der Waals surface area contributed by atoms with E-state index in [0.717, 1.165) is 39.2 Å². The maximum absolute atomic E-state index is 13.9. The van der Waals surface area contributed by atoms with Crippen molar-refractivity contribution in [1.29, 1.82) is 0 Å². The summed E-state index contributed by atoms with van der Waals surface area (Å²) in [7, 11) is 0. The summed E-state index contributed by atoms with van der Waals surface area (Å²) in [5.41, 5.74) is 6.54. The lowest BCUT2D eigenvalue weighted by molar-refractivity contribution is -0.156. The molecular weight excluding hydrogens is 481 g/mol. The molecule has 1 saturated heterocycles. The van der Waals surface area contributed by atoms with Gasteiger partial charge in [0.05, 0.1) is 31.4 Å². The zero-order chi connectivity index (χ0) is 27.2. The van der Waals surface area contributed by atoms with Gasteiger partial charge in [-0.1, -0.05) is 76.2 Å². The minimum absolute atomic E-state index is 0.00988. The van der Waals surface area contributed by atoms with E-state index in [2.05, 4.69) is 27.7 Å². The maximum atomic E-state index is 13.9. The Kier molecular flexibility index (Phi) is 9.08. The van der Waals surface area contributed by atoms with Crippen LogP contribution in [0.25, 0.3) is 17.2 Å². The Bertz CT molecular complexity index is 1270. The number of esters is 1. The quantitative estimate of drug-likeness (QED) is 0.312. The fraction of sp³-hybridized carbons (Fsp3) is 0.375. The van der Waals surface area contributed by atoms with E-state index >= 15 is 0 Å². The van der Waals surface area contributed by atoms with Crippen molar-refractivity contribution in [1.82, 2.24) is 4.98 Å². The van der Waals surface area contributed by atoms with E-state index in [4.69, 9.17) is 14.5 Å². The van der Waals surface area contributed by atoms with Gasteiger partial charge in [0.15, 0.2) is 0 Å². The number of hydrogen-bond donors (Lipinski definition) is 1. The molecule has 0 aliphatic carbocycles. The monoisotopic (exact) mass is 517 g/mol. The number of aliphatic hydroxyl groups excluding tert-OH is 1. The molecule has 200 valence electrons. The molecule has 2 aromatic carbocycles. The lowest BCUT2D eigenvalue weighted by Crippen LogP contribution is -2.31. The van der Waals surface area contributed by atoms with E-state index < -0.39 is 18.2 Å². The summed E-state index contributed by atoms with van der Waals surface area (Å²) in [6.45, 7) is 9.19. The minimum atomic E-state index is -0.726. The average Bonchev–Trinajstić information content (AvgIpc) is 2.87. The Labute approximate surface area is 224 Å². The van der Waals surface area contributed by atoms with Gasteiger partial charge in [-0.3, -0.25) is 9.78 Å². The number of cyclic esters (lactones) is 1. The Morgan fingerprint density at radius 1 is 1.03 bits per heavy atom. The van der Waals surface area contributed by atoms with Crippen LogP contribution in [0.5, 0.6) is 0 Å². The third-order valence-electron chi connectivity index (χ3n) is 6.65. The molecule has 1 aromatic heterocycles. The van der Waals surface area contributed by atoms with E-state index in [1.807, 2.05) is 42.5 Å². The molecule has 3 aromatic rings. The highest BCUT2D eigenvalue weighted by molar-refractivity contribution is 5.80. The molecule has 1 aliphatic heterocycles.